The summed E-state index contributed by atoms with van der Waals surface area (Å²) in [6.45, 7) is 1.96. The summed E-state index contributed by atoms with van der Waals surface area (Å²) >= 11 is 3.40. The minimum absolute atomic E-state index is 0.110. The van der Waals surface area contributed by atoms with Gasteiger partial charge in [0, 0.05) is 4.47 Å². The highest BCUT2D eigenvalue weighted by atomic mass is 79.9. The first kappa shape index (κ1) is 14.5. The highest BCUT2D eigenvalue weighted by molar-refractivity contribution is 9.10. The lowest BCUT2D eigenvalue weighted by Crippen LogP contribution is -2.42. The van der Waals surface area contributed by atoms with Crippen molar-refractivity contribution < 1.29 is 9.90 Å². The number of hydrogen-bond donors (Lipinski definition) is 2. The minimum atomic E-state index is -0.421. The molecule has 0 bridgehead atoms. The van der Waals surface area contributed by atoms with Gasteiger partial charge in [0.05, 0.1) is 17.7 Å². The summed E-state index contributed by atoms with van der Waals surface area (Å²) in [6, 6.07) is 5.58. The van der Waals surface area contributed by atoms with Crippen LogP contribution in [0.3, 0.4) is 0 Å². The van der Waals surface area contributed by atoms with Crippen molar-refractivity contribution in [2.24, 2.45) is 0 Å². The Balaban J connectivity index is 2.09. The van der Waals surface area contributed by atoms with Gasteiger partial charge in [0.15, 0.2) is 0 Å². The van der Waals surface area contributed by atoms with Gasteiger partial charge in [-0.2, -0.15) is 0 Å². The second-order valence-corrected chi connectivity index (χ2v) is 6.12. The minimum Gasteiger partial charge on any atom is -0.391 e. The van der Waals surface area contributed by atoms with Crippen LogP contribution >= 0.6 is 15.9 Å². The van der Waals surface area contributed by atoms with E-state index in [4.69, 9.17) is 0 Å². The molecule has 104 valence electrons. The zero-order valence-corrected chi connectivity index (χ0v) is 12.7. The van der Waals surface area contributed by atoms with Crippen molar-refractivity contribution >= 4 is 21.8 Å². The van der Waals surface area contributed by atoms with E-state index in [1.54, 1.807) is 0 Å². The first-order valence-corrected chi connectivity index (χ1v) is 7.62. The van der Waals surface area contributed by atoms with Gasteiger partial charge in [-0.3, -0.25) is 4.79 Å². The van der Waals surface area contributed by atoms with E-state index in [-0.39, 0.29) is 11.9 Å². The second kappa shape index (κ2) is 6.53. The number of amides is 1. The highest BCUT2D eigenvalue weighted by Crippen LogP contribution is 2.21. The molecule has 3 nitrogen and oxygen atoms in total. The maximum absolute atomic E-state index is 12.3. The Labute approximate surface area is 122 Å². The Kier molecular flexibility index (Phi) is 4.99. The molecule has 1 fully saturated rings. The number of nitrogens with one attached hydrogen (secondary N) is 1. The van der Waals surface area contributed by atoms with Crippen molar-refractivity contribution in [2.45, 2.75) is 51.2 Å². The number of rotatable bonds is 2. The molecule has 1 aliphatic rings. The molecule has 0 aromatic heterocycles. The van der Waals surface area contributed by atoms with E-state index in [1.807, 2.05) is 25.1 Å². The maximum Gasteiger partial charge on any atom is 0.252 e. The third-order valence-electron chi connectivity index (χ3n) is 3.66. The molecule has 0 radical (unpaired) electrons. The van der Waals surface area contributed by atoms with Crippen LogP contribution in [0.4, 0.5) is 0 Å². The molecule has 4 heteroatoms. The number of hydrogen-bond acceptors (Lipinski definition) is 2. The summed E-state index contributed by atoms with van der Waals surface area (Å²) in [5.74, 6) is -0.110. The van der Waals surface area contributed by atoms with Crippen molar-refractivity contribution in [3.8, 4) is 0 Å². The van der Waals surface area contributed by atoms with Crippen LogP contribution in [0.15, 0.2) is 22.7 Å². The average Bonchev–Trinajstić information content (AvgIpc) is 2.58. The summed E-state index contributed by atoms with van der Waals surface area (Å²) in [7, 11) is 0. The highest BCUT2D eigenvalue weighted by Gasteiger charge is 2.24. The lowest BCUT2D eigenvalue weighted by atomic mass is 10.0. The van der Waals surface area contributed by atoms with Gasteiger partial charge in [-0.25, -0.2) is 0 Å². The largest absolute Gasteiger partial charge is 0.391 e. The van der Waals surface area contributed by atoms with Gasteiger partial charge in [0.1, 0.15) is 0 Å². The summed E-state index contributed by atoms with van der Waals surface area (Å²) in [6.07, 6.45) is 4.46. The van der Waals surface area contributed by atoms with Crippen LogP contribution < -0.4 is 5.32 Å². The van der Waals surface area contributed by atoms with Crippen molar-refractivity contribution in [1.82, 2.24) is 5.32 Å². The molecule has 1 aromatic rings. The van der Waals surface area contributed by atoms with E-state index >= 15 is 0 Å². The van der Waals surface area contributed by atoms with E-state index in [1.165, 1.54) is 0 Å². The van der Waals surface area contributed by atoms with E-state index in [0.29, 0.717) is 5.56 Å². The van der Waals surface area contributed by atoms with Crippen LogP contribution in [0.2, 0.25) is 0 Å². The average molecular weight is 326 g/mol. The standard InChI is InChI=1S/C15H20BrNO2/c1-10-7-8-12(16)11(9-10)15(19)17-13-5-3-2-4-6-14(13)18/h7-9,13-14,18H,2-6H2,1H3,(H,17,19). The van der Waals surface area contributed by atoms with Crippen LogP contribution in [0.25, 0.3) is 0 Å². The fourth-order valence-electron chi connectivity index (χ4n) is 2.52. The van der Waals surface area contributed by atoms with Gasteiger partial charge < -0.3 is 10.4 Å². The number of benzene rings is 1. The Bertz CT molecular complexity index is 461. The van der Waals surface area contributed by atoms with E-state index < -0.39 is 6.10 Å². The van der Waals surface area contributed by atoms with Crippen LogP contribution in [0, 0.1) is 6.92 Å². The zero-order chi connectivity index (χ0) is 13.8. The molecule has 2 rings (SSSR count). The topological polar surface area (TPSA) is 49.3 Å². The summed E-state index contributed by atoms with van der Waals surface area (Å²) in [5.41, 5.74) is 1.69. The molecule has 19 heavy (non-hydrogen) atoms. The van der Waals surface area contributed by atoms with Crippen molar-refractivity contribution in [1.29, 1.82) is 0 Å². The molecule has 0 heterocycles. The Morgan fingerprint density at radius 2 is 2.05 bits per heavy atom. The smallest absolute Gasteiger partial charge is 0.252 e. The Hall–Kier alpha value is -0.870. The van der Waals surface area contributed by atoms with E-state index in [0.717, 1.165) is 42.1 Å². The summed E-state index contributed by atoms with van der Waals surface area (Å²) in [5, 5.41) is 13.0. The van der Waals surface area contributed by atoms with Crippen LogP contribution in [-0.2, 0) is 0 Å². The van der Waals surface area contributed by atoms with Gasteiger partial charge in [-0.1, -0.05) is 30.9 Å². The Morgan fingerprint density at radius 3 is 2.84 bits per heavy atom. The number of halogens is 1. The summed E-state index contributed by atoms with van der Waals surface area (Å²) in [4.78, 5) is 12.3. The molecule has 1 aliphatic carbocycles. The molecular formula is C15H20BrNO2. The van der Waals surface area contributed by atoms with Crippen molar-refractivity contribution in [2.75, 3.05) is 0 Å². The van der Waals surface area contributed by atoms with Crippen LogP contribution in [0.5, 0.6) is 0 Å². The predicted molar refractivity (Wildman–Crippen MR) is 79.2 cm³/mol. The maximum atomic E-state index is 12.3. The molecule has 0 spiro atoms. The fraction of sp³-hybridized carbons (Fsp3) is 0.533. The number of carbonyl (C=O) groups excluding carboxylic acids is 1. The third kappa shape index (κ3) is 3.80. The fourth-order valence-corrected chi connectivity index (χ4v) is 2.94. The molecule has 2 unspecified atom stereocenters. The first-order chi connectivity index (χ1) is 9.08. The Morgan fingerprint density at radius 1 is 1.32 bits per heavy atom. The first-order valence-electron chi connectivity index (χ1n) is 6.83. The second-order valence-electron chi connectivity index (χ2n) is 5.27. The van der Waals surface area contributed by atoms with Crippen LogP contribution in [0.1, 0.15) is 48.0 Å². The molecule has 0 aliphatic heterocycles. The van der Waals surface area contributed by atoms with Crippen LogP contribution in [-0.4, -0.2) is 23.2 Å². The lowest BCUT2D eigenvalue weighted by Gasteiger charge is -2.22. The number of aliphatic hydroxyl groups excluding tert-OH is 1. The summed E-state index contributed by atoms with van der Waals surface area (Å²) < 4.78 is 0.790. The predicted octanol–water partition coefficient (Wildman–Crippen LogP) is 3.18. The van der Waals surface area contributed by atoms with E-state index in [2.05, 4.69) is 21.2 Å². The number of aliphatic hydroxyl groups is 1. The van der Waals surface area contributed by atoms with Crippen molar-refractivity contribution in [3.63, 3.8) is 0 Å². The zero-order valence-electron chi connectivity index (χ0n) is 11.2. The van der Waals surface area contributed by atoms with Gasteiger partial charge in [0.25, 0.3) is 5.91 Å². The molecule has 2 N–H and O–H groups in total. The van der Waals surface area contributed by atoms with Gasteiger partial charge in [-0.15, -0.1) is 0 Å². The van der Waals surface area contributed by atoms with Gasteiger partial charge >= 0.3 is 0 Å². The number of aryl methyl sites for hydroxylation is 1. The normalized spacial score (nSPS) is 23.7. The van der Waals surface area contributed by atoms with Gasteiger partial charge in [-0.05, 0) is 47.8 Å². The number of carbonyl (C=O) groups is 1. The molecule has 1 amide bonds. The molecule has 1 saturated carbocycles. The van der Waals surface area contributed by atoms with E-state index in [9.17, 15) is 9.90 Å². The SMILES string of the molecule is Cc1ccc(Br)c(C(=O)NC2CCCCCC2O)c1. The molecule has 1 aromatic carbocycles. The quantitative estimate of drug-likeness (QED) is 0.820. The molecular weight excluding hydrogens is 306 g/mol. The third-order valence-corrected chi connectivity index (χ3v) is 4.35. The lowest BCUT2D eigenvalue weighted by molar-refractivity contribution is 0.0818. The van der Waals surface area contributed by atoms with Gasteiger partial charge in [0.2, 0.25) is 0 Å². The molecule has 0 saturated heterocycles. The van der Waals surface area contributed by atoms with Crippen molar-refractivity contribution in [3.05, 3.63) is 33.8 Å². The monoisotopic (exact) mass is 325 g/mol. The molecule has 2 atom stereocenters.